The van der Waals surface area contributed by atoms with Crippen LogP contribution >= 0.6 is 0 Å². The van der Waals surface area contributed by atoms with Gasteiger partial charge in [-0.15, -0.1) is 0 Å². The highest BCUT2D eigenvalue weighted by Crippen LogP contribution is 2.31. The molecule has 0 radical (unpaired) electrons. The Balaban J connectivity index is 2.14. The number of rotatable bonds is 6. The molecule has 1 aliphatic rings. The van der Waals surface area contributed by atoms with E-state index in [0.717, 1.165) is 25.9 Å². The lowest BCUT2D eigenvalue weighted by molar-refractivity contribution is -0.384. The minimum absolute atomic E-state index is 0.0370. The molecule has 1 aliphatic heterocycles. The van der Waals surface area contributed by atoms with Gasteiger partial charge in [0.2, 0.25) is 0 Å². The Labute approximate surface area is 129 Å². The van der Waals surface area contributed by atoms with Gasteiger partial charge in [-0.1, -0.05) is 0 Å². The van der Waals surface area contributed by atoms with E-state index in [9.17, 15) is 14.9 Å². The summed E-state index contributed by atoms with van der Waals surface area (Å²) in [6.07, 6.45) is 2.00. The highest BCUT2D eigenvalue weighted by Gasteiger charge is 2.23. The summed E-state index contributed by atoms with van der Waals surface area (Å²) in [5.74, 6) is -0.364. The molecule has 1 fully saturated rings. The first kappa shape index (κ1) is 16.2. The van der Waals surface area contributed by atoms with Crippen molar-refractivity contribution < 1.29 is 14.8 Å². The molecule has 7 heteroatoms. The molecular weight excluding hydrogens is 286 g/mol. The number of nitrogens with one attached hydrogen (secondary N) is 1. The third-order valence-electron chi connectivity index (χ3n) is 3.73. The predicted molar refractivity (Wildman–Crippen MR) is 83.2 cm³/mol. The average Bonchev–Trinajstić information content (AvgIpc) is 3.00. The standard InChI is InChI=1S/C15H21N3O4/c1-11(19)6-7-16-15(20)12-4-5-13(14(10-12)18(21)22)17-8-2-3-9-17/h4-5,10-11,19H,2-3,6-9H2,1H3,(H,16,20). The van der Waals surface area contributed by atoms with Crippen LogP contribution in [0.4, 0.5) is 11.4 Å². The lowest BCUT2D eigenvalue weighted by Crippen LogP contribution is -2.27. The third kappa shape index (κ3) is 3.94. The highest BCUT2D eigenvalue weighted by atomic mass is 16.6. The molecule has 0 aromatic heterocycles. The van der Waals surface area contributed by atoms with Crippen LogP contribution < -0.4 is 10.2 Å². The normalized spacial score (nSPS) is 15.6. The number of nitro benzene ring substituents is 1. The molecule has 0 spiro atoms. The molecule has 0 aliphatic carbocycles. The van der Waals surface area contributed by atoms with Gasteiger partial charge in [0.15, 0.2) is 0 Å². The summed E-state index contributed by atoms with van der Waals surface area (Å²) >= 11 is 0. The van der Waals surface area contributed by atoms with Gasteiger partial charge in [-0.3, -0.25) is 14.9 Å². The Morgan fingerprint density at radius 3 is 2.73 bits per heavy atom. The van der Waals surface area contributed by atoms with Gasteiger partial charge in [-0.05, 0) is 38.3 Å². The quantitative estimate of drug-likeness (QED) is 0.616. The maximum absolute atomic E-state index is 12.0. The Bertz CT molecular complexity index is 554. The van der Waals surface area contributed by atoms with Gasteiger partial charge in [0, 0.05) is 31.3 Å². The Hall–Kier alpha value is -2.15. The molecule has 1 aromatic rings. The van der Waals surface area contributed by atoms with Crippen molar-refractivity contribution in [3.05, 3.63) is 33.9 Å². The first-order valence-electron chi connectivity index (χ1n) is 7.48. The number of carbonyl (C=O) groups excluding carboxylic acids is 1. The average molecular weight is 307 g/mol. The van der Waals surface area contributed by atoms with Gasteiger partial charge in [0.05, 0.1) is 11.0 Å². The Kier molecular flexibility index (Phi) is 5.32. The Morgan fingerprint density at radius 1 is 1.45 bits per heavy atom. The second-order valence-electron chi connectivity index (χ2n) is 5.55. The van der Waals surface area contributed by atoms with E-state index in [4.69, 9.17) is 5.11 Å². The van der Waals surface area contributed by atoms with E-state index in [1.54, 1.807) is 19.1 Å². The lowest BCUT2D eigenvalue weighted by Gasteiger charge is -2.17. The van der Waals surface area contributed by atoms with Gasteiger partial charge in [0.25, 0.3) is 11.6 Å². The molecule has 1 atom stereocenters. The molecule has 0 saturated carbocycles. The van der Waals surface area contributed by atoms with Crippen LogP contribution in [0, 0.1) is 10.1 Å². The van der Waals surface area contributed by atoms with Crippen molar-refractivity contribution in [1.82, 2.24) is 5.32 Å². The van der Waals surface area contributed by atoms with Gasteiger partial charge in [0.1, 0.15) is 5.69 Å². The summed E-state index contributed by atoms with van der Waals surface area (Å²) in [5.41, 5.74) is 0.799. The van der Waals surface area contributed by atoms with E-state index in [0.29, 0.717) is 18.7 Å². The van der Waals surface area contributed by atoms with Crippen molar-refractivity contribution in [1.29, 1.82) is 0 Å². The van der Waals surface area contributed by atoms with E-state index < -0.39 is 11.0 Å². The van der Waals surface area contributed by atoms with Crippen LogP contribution in [0.5, 0.6) is 0 Å². The van der Waals surface area contributed by atoms with E-state index in [1.165, 1.54) is 6.07 Å². The number of benzene rings is 1. The maximum atomic E-state index is 12.0. The fourth-order valence-corrected chi connectivity index (χ4v) is 2.53. The number of anilines is 1. The van der Waals surface area contributed by atoms with Crippen LogP contribution in [0.2, 0.25) is 0 Å². The van der Waals surface area contributed by atoms with Crippen molar-refractivity contribution in [3.8, 4) is 0 Å². The van der Waals surface area contributed by atoms with Crippen LogP contribution in [-0.4, -0.2) is 41.7 Å². The SMILES string of the molecule is CC(O)CCNC(=O)c1ccc(N2CCCC2)c([N+](=O)[O-])c1. The molecule has 1 aromatic carbocycles. The molecule has 1 saturated heterocycles. The number of nitrogens with zero attached hydrogens (tertiary/aromatic N) is 2. The van der Waals surface area contributed by atoms with E-state index >= 15 is 0 Å². The molecule has 120 valence electrons. The van der Waals surface area contributed by atoms with Crippen molar-refractivity contribution in [2.45, 2.75) is 32.3 Å². The molecule has 7 nitrogen and oxygen atoms in total. The number of aliphatic hydroxyl groups is 1. The summed E-state index contributed by atoms with van der Waals surface area (Å²) in [5, 5.41) is 23.1. The number of aliphatic hydroxyl groups excluding tert-OH is 1. The van der Waals surface area contributed by atoms with Gasteiger partial charge >= 0.3 is 0 Å². The minimum atomic E-state index is -0.493. The van der Waals surface area contributed by atoms with Crippen LogP contribution in [0.3, 0.4) is 0 Å². The number of hydrogen-bond donors (Lipinski definition) is 2. The first-order valence-corrected chi connectivity index (χ1v) is 7.48. The maximum Gasteiger partial charge on any atom is 0.293 e. The highest BCUT2D eigenvalue weighted by molar-refractivity contribution is 5.95. The zero-order valence-corrected chi connectivity index (χ0v) is 12.6. The summed E-state index contributed by atoms with van der Waals surface area (Å²) in [6, 6.07) is 4.58. The zero-order valence-electron chi connectivity index (χ0n) is 12.6. The van der Waals surface area contributed by atoms with E-state index in [-0.39, 0.29) is 17.2 Å². The number of hydrogen-bond acceptors (Lipinski definition) is 5. The fraction of sp³-hybridized carbons (Fsp3) is 0.533. The van der Waals surface area contributed by atoms with Gasteiger partial charge in [-0.2, -0.15) is 0 Å². The molecule has 2 N–H and O–H groups in total. The van der Waals surface area contributed by atoms with Crippen LogP contribution in [0.15, 0.2) is 18.2 Å². The summed E-state index contributed by atoms with van der Waals surface area (Å²) in [4.78, 5) is 24.8. The summed E-state index contributed by atoms with van der Waals surface area (Å²) in [7, 11) is 0. The van der Waals surface area contributed by atoms with Crippen molar-refractivity contribution in [3.63, 3.8) is 0 Å². The minimum Gasteiger partial charge on any atom is -0.393 e. The zero-order chi connectivity index (χ0) is 16.1. The molecule has 1 amide bonds. The molecule has 0 bridgehead atoms. The molecule has 2 rings (SSSR count). The van der Waals surface area contributed by atoms with Crippen molar-refractivity contribution in [2.75, 3.05) is 24.5 Å². The van der Waals surface area contributed by atoms with Crippen LogP contribution in [0.25, 0.3) is 0 Å². The topological polar surface area (TPSA) is 95.7 Å². The van der Waals surface area contributed by atoms with Gasteiger partial charge in [-0.25, -0.2) is 0 Å². The lowest BCUT2D eigenvalue weighted by atomic mass is 10.1. The van der Waals surface area contributed by atoms with Crippen molar-refractivity contribution >= 4 is 17.3 Å². The van der Waals surface area contributed by atoms with E-state index in [2.05, 4.69) is 5.32 Å². The molecule has 22 heavy (non-hydrogen) atoms. The van der Waals surface area contributed by atoms with Gasteiger partial charge < -0.3 is 15.3 Å². The first-order chi connectivity index (χ1) is 10.5. The second kappa shape index (κ2) is 7.22. The number of nitro groups is 1. The Morgan fingerprint density at radius 2 is 2.14 bits per heavy atom. The van der Waals surface area contributed by atoms with E-state index in [1.807, 2.05) is 4.90 Å². The number of carbonyl (C=O) groups is 1. The molecule has 1 unspecified atom stereocenters. The summed E-state index contributed by atoms with van der Waals surface area (Å²) in [6.45, 7) is 3.58. The number of amides is 1. The molecular formula is C15H21N3O4. The smallest absolute Gasteiger partial charge is 0.293 e. The third-order valence-corrected chi connectivity index (χ3v) is 3.73. The largest absolute Gasteiger partial charge is 0.393 e. The van der Waals surface area contributed by atoms with Crippen LogP contribution in [0.1, 0.15) is 36.5 Å². The summed E-state index contributed by atoms with van der Waals surface area (Å²) < 4.78 is 0. The van der Waals surface area contributed by atoms with Crippen molar-refractivity contribution in [2.24, 2.45) is 0 Å². The fourth-order valence-electron chi connectivity index (χ4n) is 2.53. The molecule has 1 heterocycles. The predicted octanol–water partition coefficient (Wildman–Crippen LogP) is 1.70. The monoisotopic (exact) mass is 307 g/mol. The second-order valence-corrected chi connectivity index (χ2v) is 5.55. The van der Waals surface area contributed by atoms with Crippen LogP contribution in [-0.2, 0) is 0 Å².